The lowest BCUT2D eigenvalue weighted by molar-refractivity contribution is -0.114. The van der Waals surface area contributed by atoms with E-state index in [1.54, 1.807) is 0 Å². The normalized spacial score (nSPS) is 19.2. The third-order valence-corrected chi connectivity index (χ3v) is 12.2. The van der Waals surface area contributed by atoms with Crippen LogP contribution in [0.25, 0.3) is 0 Å². The summed E-state index contributed by atoms with van der Waals surface area (Å²) < 4.78 is 7.80. The molecule has 1 rings (SSSR count). The van der Waals surface area contributed by atoms with Crippen molar-refractivity contribution in [3.05, 3.63) is 9.15 Å². The van der Waals surface area contributed by atoms with Crippen molar-refractivity contribution in [2.45, 2.75) is 83.8 Å². The maximum absolute atomic E-state index is 11.8. The molecular weight excluding hydrogens is 391 g/mol. The maximum atomic E-state index is 11.8. The summed E-state index contributed by atoms with van der Waals surface area (Å²) in [4.78, 5) is 11.8. The minimum Gasteiger partial charge on any atom is -0.416 e. The molecule has 0 aromatic heterocycles. The van der Waals surface area contributed by atoms with Crippen LogP contribution >= 0.6 is 22.6 Å². The van der Waals surface area contributed by atoms with E-state index >= 15 is 0 Å². The Labute approximate surface area is 145 Å². The molecule has 1 aliphatic carbocycles. The average molecular weight is 422 g/mol. The first kappa shape index (κ1) is 19.4. The van der Waals surface area contributed by atoms with Gasteiger partial charge in [0.2, 0.25) is 0 Å². The Hall–Kier alpha value is 0.317. The summed E-state index contributed by atoms with van der Waals surface area (Å²) >= 11 is 2.36. The zero-order chi connectivity index (χ0) is 16.2. The van der Waals surface area contributed by atoms with Crippen molar-refractivity contribution in [1.82, 2.24) is 0 Å². The zero-order valence-electron chi connectivity index (χ0n) is 14.5. The molecule has 0 bridgehead atoms. The van der Waals surface area contributed by atoms with Crippen molar-refractivity contribution in [3.63, 3.8) is 0 Å². The fraction of sp³-hybridized carbons (Fsp3) is 0.824. The molecule has 21 heavy (non-hydrogen) atoms. The quantitative estimate of drug-likeness (QED) is 0.285. The van der Waals surface area contributed by atoms with E-state index in [4.69, 9.17) is 4.43 Å². The zero-order valence-corrected chi connectivity index (χ0v) is 17.6. The van der Waals surface area contributed by atoms with Gasteiger partial charge in [0.1, 0.15) is 0 Å². The number of Topliss-reactive ketones (excluding diaryl/α,β-unsaturated/α-hetero) is 1. The number of rotatable bonds is 7. The summed E-state index contributed by atoms with van der Waals surface area (Å²) in [6.45, 7) is 14.7. The van der Waals surface area contributed by atoms with Crippen molar-refractivity contribution in [3.8, 4) is 0 Å². The summed E-state index contributed by atoms with van der Waals surface area (Å²) in [5.41, 5.74) is 2.94. The minimum atomic E-state index is -1.76. The number of allylic oxidation sites excluding steroid dienone is 1. The molecular formula is C17H31IO2Si. The van der Waals surface area contributed by atoms with Crippen LogP contribution in [-0.4, -0.2) is 20.7 Å². The Morgan fingerprint density at radius 1 is 1.10 bits per heavy atom. The molecule has 1 aliphatic rings. The number of carbonyl (C=O) groups is 1. The molecule has 0 radical (unpaired) electrons. The second-order valence-corrected chi connectivity index (χ2v) is 13.8. The van der Waals surface area contributed by atoms with Gasteiger partial charge in [-0.25, -0.2) is 0 Å². The van der Waals surface area contributed by atoms with Crippen LogP contribution in [0.4, 0.5) is 0 Å². The van der Waals surface area contributed by atoms with Gasteiger partial charge in [-0.3, -0.25) is 4.79 Å². The summed E-state index contributed by atoms with van der Waals surface area (Å²) in [6, 6.07) is 0. The molecule has 0 aromatic carbocycles. The standard InChI is InChI=1S/C17H31IO2Si/c1-12(2)21(13(3)4,14(5)6)20-11-10-16(18)15-8-7-9-17(15)19/h12-14H,7-11H2,1-6H3/b16-15+. The number of carbonyl (C=O) groups excluding carboxylic acids is 1. The first-order chi connectivity index (χ1) is 9.73. The molecule has 0 saturated heterocycles. The Kier molecular flexibility index (Phi) is 7.61. The molecule has 4 heteroatoms. The second kappa shape index (κ2) is 8.25. The molecule has 0 spiro atoms. The lowest BCUT2D eigenvalue weighted by Gasteiger charge is -2.42. The van der Waals surface area contributed by atoms with E-state index in [0.29, 0.717) is 22.4 Å². The van der Waals surface area contributed by atoms with E-state index in [-0.39, 0.29) is 0 Å². The van der Waals surface area contributed by atoms with Crippen molar-refractivity contribution in [2.24, 2.45) is 0 Å². The van der Waals surface area contributed by atoms with Crippen LogP contribution in [0.1, 0.15) is 67.2 Å². The van der Waals surface area contributed by atoms with Crippen LogP contribution < -0.4 is 0 Å². The molecule has 0 aliphatic heterocycles. The number of ketones is 1. The molecule has 0 N–H and O–H groups in total. The smallest absolute Gasteiger partial charge is 0.200 e. The molecule has 0 atom stereocenters. The second-order valence-electron chi connectivity index (χ2n) is 7.08. The van der Waals surface area contributed by atoms with Gasteiger partial charge in [0.15, 0.2) is 14.1 Å². The Morgan fingerprint density at radius 3 is 2.00 bits per heavy atom. The van der Waals surface area contributed by atoms with Crippen molar-refractivity contribution >= 4 is 36.7 Å². The van der Waals surface area contributed by atoms with Crippen molar-refractivity contribution < 1.29 is 9.22 Å². The number of hydrogen-bond donors (Lipinski definition) is 0. The fourth-order valence-corrected chi connectivity index (χ4v) is 10.2. The van der Waals surface area contributed by atoms with Crippen molar-refractivity contribution in [2.75, 3.05) is 6.61 Å². The van der Waals surface area contributed by atoms with E-state index in [1.165, 1.54) is 3.58 Å². The van der Waals surface area contributed by atoms with Crippen LogP contribution in [0.5, 0.6) is 0 Å². The SMILES string of the molecule is CC(C)[Si](OCC/C(I)=C1/CCCC1=O)(C(C)C)C(C)C. The van der Waals surface area contributed by atoms with Gasteiger partial charge in [-0.15, -0.1) is 0 Å². The summed E-state index contributed by atoms with van der Waals surface area (Å²) in [5.74, 6) is 0.361. The van der Waals surface area contributed by atoms with Crippen LogP contribution in [-0.2, 0) is 9.22 Å². The molecule has 122 valence electrons. The van der Waals surface area contributed by atoms with Gasteiger partial charge in [-0.05, 0) is 55.6 Å². The molecule has 1 fully saturated rings. The third kappa shape index (κ3) is 4.41. The van der Waals surface area contributed by atoms with E-state index in [1.807, 2.05) is 0 Å². The Balaban J connectivity index is 2.73. The molecule has 1 saturated carbocycles. The molecule has 0 amide bonds. The first-order valence-electron chi connectivity index (χ1n) is 8.28. The average Bonchev–Trinajstić information content (AvgIpc) is 2.79. The maximum Gasteiger partial charge on any atom is 0.200 e. The highest BCUT2D eigenvalue weighted by atomic mass is 127. The van der Waals surface area contributed by atoms with Gasteiger partial charge >= 0.3 is 0 Å². The highest BCUT2D eigenvalue weighted by molar-refractivity contribution is 14.1. The Bertz CT molecular complexity index is 378. The largest absolute Gasteiger partial charge is 0.416 e. The van der Waals surface area contributed by atoms with E-state index in [9.17, 15) is 4.79 Å². The van der Waals surface area contributed by atoms with Crippen molar-refractivity contribution in [1.29, 1.82) is 0 Å². The van der Waals surface area contributed by atoms with Gasteiger partial charge in [-0.1, -0.05) is 41.5 Å². The van der Waals surface area contributed by atoms with Crippen LogP contribution in [0.15, 0.2) is 9.15 Å². The van der Waals surface area contributed by atoms with Gasteiger partial charge in [0.05, 0.1) is 0 Å². The van der Waals surface area contributed by atoms with Gasteiger partial charge in [0.25, 0.3) is 0 Å². The topological polar surface area (TPSA) is 26.3 Å². The minimum absolute atomic E-state index is 0.361. The molecule has 0 aromatic rings. The monoisotopic (exact) mass is 422 g/mol. The van der Waals surface area contributed by atoms with Crippen LogP contribution in [0, 0.1) is 0 Å². The summed E-state index contributed by atoms with van der Waals surface area (Å²) in [5, 5.41) is 0. The fourth-order valence-electron chi connectivity index (χ4n) is 3.97. The van der Waals surface area contributed by atoms with E-state index in [0.717, 1.165) is 37.9 Å². The highest BCUT2D eigenvalue weighted by Crippen LogP contribution is 2.42. The number of hydrogen-bond acceptors (Lipinski definition) is 2. The van der Waals surface area contributed by atoms with Crippen LogP contribution in [0.2, 0.25) is 16.6 Å². The van der Waals surface area contributed by atoms with Gasteiger partial charge in [0, 0.05) is 25.0 Å². The predicted molar refractivity (Wildman–Crippen MR) is 102 cm³/mol. The van der Waals surface area contributed by atoms with E-state index in [2.05, 4.69) is 64.1 Å². The first-order valence-corrected chi connectivity index (χ1v) is 11.5. The molecule has 2 nitrogen and oxygen atoms in total. The van der Waals surface area contributed by atoms with Gasteiger partial charge in [-0.2, -0.15) is 0 Å². The Morgan fingerprint density at radius 2 is 1.62 bits per heavy atom. The lowest BCUT2D eigenvalue weighted by atomic mass is 10.2. The molecule has 0 unspecified atom stereocenters. The molecule has 0 heterocycles. The summed E-state index contributed by atoms with van der Waals surface area (Å²) in [7, 11) is -1.76. The van der Waals surface area contributed by atoms with Gasteiger partial charge < -0.3 is 4.43 Å². The van der Waals surface area contributed by atoms with Crippen LogP contribution in [0.3, 0.4) is 0 Å². The highest BCUT2D eigenvalue weighted by Gasteiger charge is 2.44. The number of halogens is 1. The third-order valence-electron chi connectivity index (χ3n) is 4.88. The van der Waals surface area contributed by atoms with E-state index < -0.39 is 8.32 Å². The predicted octanol–water partition coefficient (Wildman–Crippen LogP) is 6.01. The summed E-state index contributed by atoms with van der Waals surface area (Å²) in [6.07, 6.45) is 3.65. The lowest BCUT2D eigenvalue weighted by Crippen LogP contribution is -2.47.